The van der Waals surface area contributed by atoms with Crippen molar-refractivity contribution in [2.75, 3.05) is 13.2 Å². The maximum atomic E-state index is 13.1. The Bertz CT molecular complexity index is 587. The van der Waals surface area contributed by atoms with Gasteiger partial charge in [-0.3, -0.25) is 4.68 Å². The Hall–Kier alpha value is -0.920. The summed E-state index contributed by atoms with van der Waals surface area (Å²) in [4.78, 5) is 0.305. The molecule has 0 unspecified atom stereocenters. The molecule has 1 saturated carbocycles. The highest BCUT2D eigenvalue weighted by Crippen LogP contribution is 2.30. The molecule has 1 atom stereocenters. The topological polar surface area (TPSA) is 64.4 Å². The first-order chi connectivity index (χ1) is 10.6. The molecule has 0 N–H and O–H groups in total. The zero-order valence-electron chi connectivity index (χ0n) is 13.1. The summed E-state index contributed by atoms with van der Waals surface area (Å²) in [5, 5.41) is 4.12. The summed E-state index contributed by atoms with van der Waals surface area (Å²) in [6.45, 7) is 3.84. The Labute approximate surface area is 132 Å². The van der Waals surface area contributed by atoms with E-state index >= 15 is 0 Å². The van der Waals surface area contributed by atoms with Gasteiger partial charge in [-0.15, -0.1) is 0 Å². The molecule has 1 aliphatic carbocycles. The zero-order valence-corrected chi connectivity index (χ0v) is 14.0. The van der Waals surface area contributed by atoms with Crippen molar-refractivity contribution in [1.82, 2.24) is 14.1 Å². The van der Waals surface area contributed by atoms with Gasteiger partial charge >= 0.3 is 0 Å². The third kappa shape index (κ3) is 3.21. The van der Waals surface area contributed by atoms with Crippen LogP contribution in [-0.4, -0.2) is 47.8 Å². The number of hydrogen-bond acceptors (Lipinski definition) is 4. The van der Waals surface area contributed by atoms with E-state index < -0.39 is 10.0 Å². The summed E-state index contributed by atoms with van der Waals surface area (Å²) in [6.07, 6.45) is 9.23. The zero-order chi connectivity index (χ0) is 15.6. The molecule has 2 aliphatic rings. The minimum absolute atomic E-state index is 0.0385. The van der Waals surface area contributed by atoms with Gasteiger partial charge in [0.2, 0.25) is 10.0 Å². The lowest BCUT2D eigenvalue weighted by Gasteiger charge is -2.29. The molecule has 3 rings (SSSR count). The number of aryl methyl sites for hydroxylation is 1. The normalized spacial score (nSPS) is 23.6. The fourth-order valence-corrected chi connectivity index (χ4v) is 5.08. The molecule has 2 fully saturated rings. The lowest BCUT2D eigenvalue weighted by molar-refractivity contribution is 0.0861. The van der Waals surface area contributed by atoms with E-state index in [0.29, 0.717) is 18.0 Å². The molecule has 6 nitrogen and oxygen atoms in total. The summed E-state index contributed by atoms with van der Waals surface area (Å²) >= 11 is 0. The Morgan fingerprint density at radius 1 is 1.32 bits per heavy atom. The van der Waals surface area contributed by atoms with Crippen molar-refractivity contribution in [1.29, 1.82) is 0 Å². The van der Waals surface area contributed by atoms with Gasteiger partial charge in [0.05, 0.1) is 12.3 Å². The fourth-order valence-electron chi connectivity index (χ4n) is 3.41. The van der Waals surface area contributed by atoms with E-state index in [2.05, 4.69) is 5.10 Å². The van der Waals surface area contributed by atoms with Crippen LogP contribution in [0.25, 0.3) is 0 Å². The molecule has 7 heteroatoms. The molecular weight excluding hydrogens is 302 g/mol. The van der Waals surface area contributed by atoms with Gasteiger partial charge in [0, 0.05) is 31.9 Å². The van der Waals surface area contributed by atoms with Gasteiger partial charge in [0.15, 0.2) is 0 Å². The predicted octanol–water partition coefficient (Wildman–Crippen LogP) is 2.02. The number of nitrogens with zero attached hydrogens (tertiary/aromatic N) is 3. The number of aromatic nitrogens is 2. The molecule has 0 spiro atoms. The van der Waals surface area contributed by atoms with Crippen LogP contribution in [0.5, 0.6) is 0 Å². The van der Waals surface area contributed by atoms with Crippen molar-refractivity contribution in [2.45, 2.75) is 69.0 Å². The van der Waals surface area contributed by atoms with Crippen LogP contribution in [0.2, 0.25) is 0 Å². The van der Waals surface area contributed by atoms with E-state index in [0.717, 1.165) is 45.1 Å². The lowest BCUT2D eigenvalue weighted by Crippen LogP contribution is -2.43. The minimum atomic E-state index is -3.49. The Balaban J connectivity index is 1.85. The highest BCUT2D eigenvalue weighted by Gasteiger charge is 2.36. The maximum absolute atomic E-state index is 13.1. The lowest BCUT2D eigenvalue weighted by atomic mass is 10.2. The van der Waals surface area contributed by atoms with Crippen LogP contribution in [0, 0.1) is 0 Å². The average Bonchev–Trinajstić information content (AvgIpc) is 3.25. The first-order valence-electron chi connectivity index (χ1n) is 8.27. The Morgan fingerprint density at radius 3 is 2.68 bits per heavy atom. The minimum Gasteiger partial charge on any atom is -0.377 e. The van der Waals surface area contributed by atoms with E-state index in [9.17, 15) is 8.42 Å². The second-order valence-corrected chi connectivity index (χ2v) is 8.07. The van der Waals surface area contributed by atoms with Gasteiger partial charge in [0.1, 0.15) is 4.90 Å². The van der Waals surface area contributed by atoms with E-state index in [1.807, 2.05) is 6.92 Å². The quantitative estimate of drug-likeness (QED) is 0.802. The second-order valence-electron chi connectivity index (χ2n) is 6.18. The summed E-state index contributed by atoms with van der Waals surface area (Å²) in [6, 6.07) is 0.110. The van der Waals surface area contributed by atoms with E-state index in [4.69, 9.17) is 4.74 Å². The molecule has 22 heavy (non-hydrogen) atoms. The second kappa shape index (κ2) is 6.68. The first-order valence-corrected chi connectivity index (χ1v) is 9.71. The number of rotatable bonds is 6. The molecule has 1 aromatic rings. The van der Waals surface area contributed by atoms with Crippen molar-refractivity contribution in [3.05, 3.63) is 12.4 Å². The van der Waals surface area contributed by atoms with Crippen molar-refractivity contribution in [3.63, 3.8) is 0 Å². The molecule has 1 aromatic heterocycles. The number of hydrogen-bond donors (Lipinski definition) is 0. The predicted molar refractivity (Wildman–Crippen MR) is 83.0 cm³/mol. The highest BCUT2D eigenvalue weighted by atomic mass is 32.2. The molecule has 0 amide bonds. The smallest absolute Gasteiger partial charge is 0.246 e. The summed E-state index contributed by atoms with van der Waals surface area (Å²) < 4.78 is 35.1. The van der Waals surface area contributed by atoms with Crippen LogP contribution in [-0.2, 0) is 21.3 Å². The number of sulfonamides is 1. The van der Waals surface area contributed by atoms with Gasteiger partial charge in [-0.1, -0.05) is 12.8 Å². The van der Waals surface area contributed by atoms with Crippen LogP contribution in [0.15, 0.2) is 17.3 Å². The molecular formula is C15H25N3O3S. The largest absolute Gasteiger partial charge is 0.377 e. The van der Waals surface area contributed by atoms with E-state index in [1.165, 1.54) is 6.20 Å². The molecule has 0 radical (unpaired) electrons. The maximum Gasteiger partial charge on any atom is 0.246 e. The van der Waals surface area contributed by atoms with E-state index in [1.54, 1.807) is 15.2 Å². The average molecular weight is 327 g/mol. The Kier molecular flexibility index (Phi) is 4.84. The molecule has 2 heterocycles. The molecule has 0 aromatic carbocycles. The summed E-state index contributed by atoms with van der Waals surface area (Å²) in [5.41, 5.74) is 0. The van der Waals surface area contributed by atoms with Crippen molar-refractivity contribution >= 4 is 10.0 Å². The van der Waals surface area contributed by atoms with Gasteiger partial charge in [-0.05, 0) is 32.6 Å². The number of ether oxygens (including phenoxy) is 1. The third-order valence-electron chi connectivity index (χ3n) is 4.68. The SMILES string of the molecule is CCn1cc(S(=O)(=O)N(C[C@@H]2CCCO2)C2CCCC2)cn1. The summed E-state index contributed by atoms with van der Waals surface area (Å²) in [7, 11) is -3.49. The van der Waals surface area contributed by atoms with Gasteiger partial charge in [-0.2, -0.15) is 9.40 Å². The Morgan fingerprint density at radius 2 is 2.09 bits per heavy atom. The van der Waals surface area contributed by atoms with Crippen LogP contribution >= 0.6 is 0 Å². The fraction of sp³-hybridized carbons (Fsp3) is 0.800. The van der Waals surface area contributed by atoms with Crippen LogP contribution < -0.4 is 0 Å². The van der Waals surface area contributed by atoms with Gasteiger partial charge in [-0.25, -0.2) is 8.42 Å². The van der Waals surface area contributed by atoms with Crippen LogP contribution in [0.1, 0.15) is 45.4 Å². The monoisotopic (exact) mass is 327 g/mol. The van der Waals surface area contributed by atoms with Crippen molar-refractivity contribution in [3.8, 4) is 0 Å². The molecule has 1 saturated heterocycles. The van der Waals surface area contributed by atoms with Gasteiger partial charge < -0.3 is 4.74 Å². The molecule has 0 bridgehead atoms. The van der Waals surface area contributed by atoms with E-state index in [-0.39, 0.29) is 12.1 Å². The van der Waals surface area contributed by atoms with Crippen molar-refractivity contribution in [2.24, 2.45) is 0 Å². The van der Waals surface area contributed by atoms with Crippen molar-refractivity contribution < 1.29 is 13.2 Å². The highest BCUT2D eigenvalue weighted by molar-refractivity contribution is 7.89. The molecule has 124 valence electrons. The van der Waals surface area contributed by atoms with Gasteiger partial charge in [0.25, 0.3) is 0 Å². The van der Waals surface area contributed by atoms with Crippen LogP contribution in [0.4, 0.5) is 0 Å². The van der Waals surface area contributed by atoms with Crippen LogP contribution in [0.3, 0.4) is 0 Å². The first kappa shape index (κ1) is 16.0. The third-order valence-corrected chi connectivity index (χ3v) is 6.55. The molecule has 1 aliphatic heterocycles. The standard InChI is InChI=1S/C15H25N3O3S/c1-2-17-12-15(10-16-17)22(19,20)18(13-6-3-4-7-13)11-14-8-5-9-21-14/h10,12-14H,2-9,11H2,1H3/t14-/m0/s1. The summed E-state index contributed by atoms with van der Waals surface area (Å²) in [5.74, 6) is 0.